The van der Waals surface area contributed by atoms with Crippen molar-refractivity contribution in [2.75, 3.05) is 45.7 Å². The first-order valence-corrected chi connectivity index (χ1v) is 42.9. The molecule has 0 spiro atoms. The van der Waals surface area contributed by atoms with Gasteiger partial charge in [0.2, 0.25) is 35.5 Å². The number of alkyl halides is 5. The van der Waals surface area contributed by atoms with Gasteiger partial charge in [0, 0.05) is 151 Å². The third-order valence-corrected chi connectivity index (χ3v) is 23.0. The molecule has 4 aliphatic rings. The standard InChI is InChI=1S/C26H23F3N6O.C26H25N5O2.C26H25N5O.C22H15F3N6O2.4CH4/c1-33(2)20-7-5-4-6-19(20)23-30-13-18-12-22(36)35(25(18)32-23)14-16-8-10-17(11-9-16)24-31-21(15-34(24)3)26(27,28)29;1-17(2)24-21(6-4-7-22(24)33-3)25-27-15-19-14-23(32)30(26(19)29-25)16-18-8-10-20(11-9-18)31-13-5-12-28-31;1-17(2)24-18(3)6-4-7-22(24)25-27-15-20-14-23(32)30(26(20)29-25)16-19-8-10-21(11-9-19)31-13-5-12-28-31;23-17-7-9-31(29-17)15-5-3-13(4-6-15)12-30-18(32)10-14-11-27-19(28-20(14)30)16-2-1-8-26-21(16)33-22(24)25;;;;/h4-11,13,15H,12,14H2,1-3H3;4-13,15,17H,14,16H2,1-3H3;4-13,15,17H,14,16H2,1-3H3;1-9,11,22H,10,12H2;4*1H4. The zero-order chi connectivity index (χ0) is 93.8. The lowest BCUT2D eigenvalue weighted by atomic mass is 9.92. The SMILES string of the molecule is C.C.C.C.CN(C)c1ccccc1-c1ncc2c(n1)N(Cc1ccc(-c3nc(C(F)(F)F)cn3C)cc1)C(=O)C2.COc1cccc(-c2ncc3c(n2)N(Cc2ccc(-n4cccn4)cc2)C(=O)C3)c1C(C)C.Cc1cccc(-c2ncc3c(n2)N(Cc2ccc(-n4cccn4)cc2)C(=O)C3)c1C(C)C.O=C1Cc2cnc(-c3cccnc3OC(F)F)nc2N1Cc1ccc(-n2ccc(F)n2)cc1. The second kappa shape index (κ2) is 42.5. The lowest BCUT2D eigenvalue weighted by Gasteiger charge is -2.19. The Balaban J connectivity index is 0.000000154. The fourth-order valence-electron chi connectivity index (χ4n) is 16.6. The minimum absolute atomic E-state index is 0. The van der Waals surface area contributed by atoms with E-state index < -0.39 is 24.4 Å². The topological polar surface area (TPSA) is 290 Å². The lowest BCUT2D eigenvalue weighted by Crippen LogP contribution is -2.26. The summed E-state index contributed by atoms with van der Waals surface area (Å²) in [6, 6.07) is 58.3. The van der Waals surface area contributed by atoms with Crippen LogP contribution in [0, 0.1) is 12.9 Å². The van der Waals surface area contributed by atoms with E-state index in [9.17, 15) is 45.5 Å². The van der Waals surface area contributed by atoms with Crippen molar-refractivity contribution in [2.45, 2.75) is 141 Å². The predicted octanol–water partition coefficient (Wildman–Crippen LogP) is 20.2. The number of carbonyl (C=O) groups excluding carboxylic acids is 4. The molecule has 4 amide bonds. The smallest absolute Gasteiger partial charge is 0.434 e. The van der Waals surface area contributed by atoms with Gasteiger partial charge in [-0.15, -0.1) is 5.10 Å². The monoisotopic (exact) mass is 1870 g/mol. The Morgan fingerprint density at radius 1 is 0.435 bits per heavy atom. The highest BCUT2D eigenvalue weighted by Crippen LogP contribution is 2.42. The second-order valence-electron chi connectivity index (χ2n) is 32.9. The first-order valence-electron chi connectivity index (χ1n) is 42.9. The molecule has 9 aromatic heterocycles. The number of carbonyl (C=O) groups is 4. The maximum Gasteiger partial charge on any atom is 0.434 e. The Bertz CT molecular complexity index is 7020. The van der Waals surface area contributed by atoms with Gasteiger partial charge in [-0.05, 0) is 131 Å². The van der Waals surface area contributed by atoms with Gasteiger partial charge in [-0.2, -0.15) is 36.5 Å². The average molecular weight is 1870 g/mol. The number of benzene rings is 7. The van der Waals surface area contributed by atoms with Crippen molar-refractivity contribution in [3.8, 4) is 85.6 Å². The van der Waals surface area contributed by atoms with Crippen LogP contribution in [0.5, 0.6) is 11.6 Å². The highest BCUT2D eigenvalue weighted by atomic mass is 19.4. The van der Waals surface area contributed by atoms with Crippen molar-refractivity contribution in [1.29, 1.82) is 0 Å². The minimum Gasteiger partial charge on any atom is -0.496 e. The summed E-state index contributed by atoms with van der Waals surface area (Å²) >= 11 is 0. The van der Waals surface area contributed by atoms with Gasteiger partial charge in [-0.1, -0.05) is 161 Å². The molecular formula is C104H104F6N22O6. The summed E-state index contributed by atoms with van der Waals surface area (Å²) < 4.78 is 94.1. The van der Waals surface area contributed by atoms with Gasteiger partial charge in [-0.25, -0.2) is 63.9 Å². The van der Waals surface area contributed by atoms with Crippen LogP contribution >= 0.6 is 0 Å². The van der Waals surface area contributed by atoms with Crippen LogP contribution in [0.3, 0.4) is 0 Å². The molecule has 0 atom stereocenters. The molecule has 20 rings (SSSR count). The lowest BCUT2D eigenvalue weighted by molar-refractivity contribution is -0.141. The summed E-state index contributed by atoms with van der Waals surface area (Å²) in [5, 5.41) is 12.2. The molecule has 0 unspecified atom stereocenters. The van der Waals surface area contributed by atoms with Gasteiger partial charge < -0.3 is 18.9 Å². The van der Waals surface area contributed by atoms with Crippen molar-refractivity contribution in [3.63, 3.8) is 0 Å². The molecule has 0 aliphatic carbocycles. The van der Waals surface area contributed by atoms with Crippen LogP contribution < -0.4 is 34.0 Å². The number of para-hydroxylation sites is 1. The molecule has 0 N–H and O–H groups in total. The Labute approximate surface area is 795 Å². The van der Waals surface area contributed by atoms with Crippen molar-refractivity contribution in [1.82, 2.24) is 83.7 Å². The number of ether oxygens (including phenoxy) is 2. The van der Waals surface area contributed by atoms with E-state index in [1.54, 1.807) is 106 Å². The zero-order valence-electron chi connectivity index (χ0n) is 74.2. The van der Waals surface area contributed by atoms with Gasteiger partial charge >= 0.3 is 12.8 Å². The molecule has 7 aromatic carbocycles. The van der Waals surface area contributed by atoms with E-state index in [0.29, 0.717) is 89.4 Å². The number of imidazole rings is 1. The Morgan fingerprint density at radius 2 is 0.833 bits per heavy atom. The van der Waals surface area contributed by atoms with Crippen molar-refractivity contribution in [3.05, 3.63) is 329 Å². The first kappa shape index (κ1) is 99.2. The van der Waals surface area contributed by atoms with E-state index in [2.05, 4.69) is 102 Å². The maximum absolute atomic E-state index is 13.2. The second-order valence-corrected chi connectivity index (χ2v) is 32.9. The van der Waals surface area contributed by atoms with Crippen LogP contribution in [0.4, 0.5) is 55.3 Å². The maximum atomic E-state index is 13.2. The van der Waals surface area contributed by atoms with E-state index in [1.807, 2.05) is 151 Å². The summed E-state index contributed by atoms with van der Waals surface area (Å²) in [5.41, 5.74) is 16.6. The molecule has 708 valence electrons. The van der Waals surface area contributed by atoms with Gasteiger partial charge in [0.15, 0.2) is 29.0 Å². The van der Waals surface area contributed by atoms with E-state index in [-0.39, 0.29) is 108 Å². The normalized spacial score (nSPS) is 12.7. The number of anilines is 5. The first-order chi connectivity index (χ1) is 64.6. The summed E-state index contributed by atoms with van der Waals surface area (Å²) in [6.07, 6.45) is 14.4. The summed E-state index contributed by atoms with van der Waals surface area (Å²) in [5.74, 6) is 4.87. The number of pyridine rings is 1. The van der Waals surface area contributed by atoms with Gasteiger partial charge in [0.25, 0.3) is 0 Å². The van der Waals surface area contributed by atoms with E-state index in [4.69, 9.17) is 19.7 Å². The number of halogens is 6. The number of aryl methyl sites for hydroxylation is 2. The highest BCUT2D eigenvalue weighted by Gasteiger charge is 2.38. The number of amides is 4. The van der Waals surface area contributed by atoms with Crippen LogP contribution in [0.15, 0.2) is 256 Å². The molecule has 28 nitrogen and oxygen atoms in total. The third-order valence-electron chi connectivity index (χ3n) is 23.0. The van der Waals surface area contributed by atoms with Crippen molar-refractivity contribution in [2.24, 2.45) is 7.05 Å². The van der Waals surface area contributed by atoms with E-state index >= 15 is 0 Å². The number of aromatic nitrogens is 17. The quantitative estimate of drug-likeness (QED) is 0.0570. The van der Waals surface area contributed by atoms with Crippen LogP contribution in [-0.2, 0) is 84.3 Å². The Hall–Kier alpha value is -16.3. The summed E-state index contributed by atoms with van der Waals surface area (Å²) in [7, 11) is 7.09. The van der Waals surface area contributed by atoms with Crippen LogP contribution in [-0.4, -0.2) is 135 Å². The number of rotatable bonds is 22. The zero-order valence-corrected chi connectivity index (χ0v) is 74.2. The number of nitrogens with zero attached hydrogens (tertiary/aromatic N) is 22. The predicted molar refractivity (Wildman–Crippen MR) is 519 cm³/mol. The molecule has 16 aromatic rings. The highest BCUT2D eigenvalue weighted by molar-refractivity contribution is 6.03. The molecule has 13 heterocycles. The van der Waals surface area contributed by atoms with Crippen molar-refractivity contribution >= 4 is 52.6 Å². The molecule has 4 aliphatic heterocycles. The van der Waals surface area contributed by atoms with Gasteiger partial charge in [0.05, 0.1) is 81.6 Å². The number of hydrogen-bond acceptors (Lipinski definition) is 20. The van der Waals surface area contributed by atoms with Crippen molar-refractivity contribution < 1.29 is 55.0 Å². The fraction of sp³-hybridized carbons (Fsp3) is 0.240. The molecule has 34 heteroatoms. The minimum atomic E-state index is -4.51. The average Bonchev–Trinajstić information content (AvgIpc) is 1.74. The number of methoxy groups -OCH3 is 1. The number of hydrogen-bond donors (Lipinski definition) is 0. The molecule has 0 bridgehead atoms. The van der Waals surface area contributed by atoms with Crippen LogP contribution in [0.1, 0.15) is 136 Å². The third kappa shape index (κ3) is 21.4. The summed E-state index contributed by atoms with van der Waals surface area (Å²) in [4.78, 5) is 104. The van der Waals surface area contributed by atoms with E-state index in [0.717, 1.165) is 90.2 Å². The summed E-state index contributed by atoms with van der Waals surface area (Å²) in [6.45, 7) is 9.14. The van der Waals surface area contributed by atoms with E-state index in [1.165, 1.54) is 63.0 Å². The molecule has 0 fully saturated rings. The largest absolute Gasteiger partial charge is 0.496 e. The Kier molecular flexibility index (Phi) is 30.6. The Morgan fingerprint density at radius 3 is 1.22 bits per heavy atom. The molecular weight excluding hydrogens is 1770 g/mol. The molecule has 0 saturated heterocycles. The van der Waals surface area contributed by atoms with Crippen LogP contribution in [0.2, 0.25) is 0 Å². The molecule has 138 heavy (non-hydrogen) atoms. The van der Waals surface area contributed by atoms with Crippen LogP contribution in [0.25, 0.3) is 74.0 Å². The van der Waals surface area contributed by atoms with Gasteiger partial charge in [-0.3, -0.25) is 38.8 Å². The molecule has 0 saturated carbocycles. The van der Waals surface area contributed by atoms with Gasteiger partial charge in [0.1, 0.15) is 34.8 Å². The number of fused-ring (bicyclic) bond motifs is 4. The molecule has 0 radical (unpaired) electrons. The fourth-order valence-corrected chi connectivity index (χ4v) is 16.6.